The number of rotatable bonds is 2. The van der Waals surface area contributed by atoms with Gasteiger partial charge in [0.05, 0.1) is 0 Å². The van der Waals surface area contributed by atoms with Crippen LogP contribution in [0.15, 0.2) is 24.3 Å². The molecule has 2 N–H and O–H groups in total. The zero-order valence-corrected chi connectivity index (χ0v) is 8.14. The highest BCUT2D eigenvalue weighted by atomic mass is 35.5. The van der Waals surface area contributed by atoms with Crippen molar-refractivity contribution >= 4 is 17.3 Å². The van der Waals surface area contributed by atoms with Gasteiger partial charge in [-0.2, -0.15) is 0 Å². The standard InChI is InChI=1S/C10H13ClN2/c11-8-1-3-9(4-2-8)13-10-5-6-12-7-10/h1-4,10,12-13H,5-7H2/t10-/m0/s1. The summed E-state index contributed by atoms with van der Waals surface area (Å²) in [5, 5.41) is 7.55. The van der Waals surface area contributed by atoms with E-state index in [1.807, 2.05) is 24.3 Å². The Bertz CT molecular complexity index is 265. The van der Waals surface area contributed by atoms with Crippen molar-refractivity contribution in [1.82, 2.24) is 5.32 Å². The van der Waals surface area contributed by atoms with Gasteiger partial charge in [-0.1, -0.05) is 11.6 Å². The van der Waals surface area contributed by atoms with Crippen LogP contribution in [0.25, 0.3) is 0 Å². The number of anilines is 1. The molecule has 1 atom stereocenters. The second-order valence-corrected chi connectivity index (χ2v) is 3.78. The van der Waals surface area contributed by atoms with Gasteiger partial charge in [-0.3, -0.25) is 0 Å². The van der Waals surface area contributed by atoms with E-state index in [9.17, 15) is 0 Å². The lowest BCUT2D eigenvalue weighted by Gasteiger charge is -2.12. The fourth-order valence-electron chi connectivity index (χ4n) is 1.56. The monoisotopic (exact) mass is 196 g/mol. The van der Waals surface area contributed by atoms with Gasteiger partial charge in [-0.25, -0.2) is 0 Å². The Morgan fingerprint density at radius 3 is 2.69 bits per heavy atom. The number of nitrogens with one attached hydrogen (secondary N) is 2. The molecule has 1 aromatic rings. The van der Waals surface area contributed by atoms with Crippen LogP contribution in [-0.2, 0) is 0 Å². The van der Waals surface area contributed by atoms with Crippen LogP contribution in [-0.4, -0.2) is 19.1 Å². The Balaban J connectivity index is 1.97. The molecule has 1 aliphatic heterocycles. The maximum atomic E-state index is 5.79. The SMILES string of the molecule is Clc1ccc(N[C@H]2CCNC2)cc1. The zero-order chi connectivity index (χ0) is 9.10. The Labute approximate surface area is 83.3 Å². The summed E-state index contributed by atoms with van der Waals surface area (Å²) in [6.45, 7) is 2.17. The summed E-state index contributed by atoms with van der Waals surface area (Å²) in [7, 11) is 0. The van der Waals surface area contributed by atoms with Gasteiger partial charge in [-0.15, -0.1) is 0 Å². The molecule has 0 aliphatic carbocycles. The lowest BCUT2D eigenvalue weighted by molar-refractivity contribution is 0.793. The smallest absolute Gasteiger partial charge is 0.0407 e. The lowest BCUT2D eigenvalue weighted by Crippen LogP contribution is -2.21. The van der Waals surface area contributed by atoms with E-state index in [0.29, 0.717) is 6.04 Å². The van der Waals surface area contributed by atoms with E-state index in [0.717, 1.165) is 23.8 Å². The van der Waals surface area contributed by atoms with Gasteiger partial charge in [-0.05, 0) is 37.2 Å². The molecule has 0 spiro atoms. The second-order valence-electron chi connectivity index (χ2n) is 3.34. The average molecular weight is 197 g/mol. The van der Waals surface area contributed by atoms with Crippen LogP contribution in [0.5, 0.6) is 0 Å². The Hall–Kier alpha value is -0.730. The number of halogens is 1. The normalized spacial score (nSPS) is 21.8. The van der Waals surface area contributed by atoms with Crippen molar-refractivity contribution in [3.8, 4) is 0 Å². The second kappa shape index (κ2) is 3.99. The van der Waals surface area contributed by atoms with E-state index in [1.165, 1.54) is 6.42 Å². The largest absolute Gasteiger partial charge is 0.381 e. The molecule has 1 aromatic carbocycles. The minimum atomic E-state index is 0.571. The van der Waals surface area contributed by atoms with Gasteiger partial charge < -0.3 is 10.6 Å². The highest BCUT2D eigenvalue weighted by molar-refractivity contribution is 6.30. The van der Waals surface area contributed by atoms with Crippen molar-refractivity contribution in [2.75, 3.05) is 18.4 Å². The molecule has 2 nitrogen and oxygen atoms in total. The molecule has 1 fully saturated rings. The first-order valence-electron chi connectivity index (χ1n) is 4.57. The highest BCUT2D eigenvalue weighted by Gasteiger charge is 2.13. The van der Waals surface area contributed by atoms with Crippen molar-refractivity contribution in [2.45, 2.75) is 12.5 Å². The fraction of sp³-hybridized carbons (Fsp3) is 0.400. The molecule has 1 heterocycles. The molecule has 0 unspecified atom stereocenters. The molecular weight excluding hydrogens is 184 g/mol. The predicted molar refractivity (Wildman–Crippen MR) is 56.3 cm³/mol. The van der Waals surface area contributed by atoms with E-state index < -0.39 is 0 Å². The van der Waals surface area contributed by atoms with Crippen LogP contribution in [0.1, 0.15) is 6.42 Å². The zero-order valence-electron chi connectivity index (χ0n) is 7.39. The third kappa shape index (κ3) is 2.36. The van der Waals surface area contributed by atoms with Crippen molar-refractivity contribution in [3.63, 3.8) is 0 Å². The van der Waals surface area contributed by atoms with Gasteiger partial charge in [0, 0.05) is 23.3 Å². The molecule has 3 heteroatoms. The van der Waals surface area contributed by atoms with Gasteiger partial charge in [0.2, 0.25) is 0 Å². The maximum Gasteiger partial charge on any atom is 0.0407 e. The maximum absolute atomic E-state index is 5.79. The van der Waals surface area contributed by atoms with Gasteiger partial charge in [0.15, 0.2) is 0 Å². The Morgan fingerprint density at radius 1 is 1.31 bits per heavy atom. The summed E-state index contributed by atoms with van der Waals surface area (Å²) < 4.78 is 0. The van der Waals surface area contributed by atoms with E-state index in [4.69, 9.17) is 11.6 Å². The first-order chi connectivity index (χ1) is 6.34. The predicted octanol–water partition coefficient (Wildman–Crippen LogP) is 2.11. The minimum Gasteiger partial charge on any atom is -0.381 e. The molecule has 0 radical (unpaired) electrons. The Morgan fingerprint density at radius 2 is 2.08 bits per heavy atom. The molecule has 1 aliphatic rings. The van der Waals surface area contributed by atoms with Crippen molar-refractivity contribution in [1.29, 1.82) is 0 Å². The fourth-order valence-corrected chi connectivity index (χ4v) is 1.69. The molecule has 1 saturated heterocycles. The lowest BCUT2D eigenvalue weighted by atomic mass is 10.2. The molecule has 0 saturated carbocycles. The van der Waals surface area contributed by atoms with Crippen molar-refractivity contribution < 1.29 is 0 Å². The summed E-state index contributed by atoms with van der Waals surface area (Å²) in [5.41, 5.74) is 1.15. The summed E-state index contributed by atoms with van der Waals surface area (Å²) in [4.78, 5) is 0. The molecule has 70 valence electrons. The van der Waals surface area contributed by atoms with E-state index in [1.54, 1.807) is 0 Å². The molecule has 0 aromatic heterocycles. The highest BCUT2D eigenvalue weighted by Crippen LogP contribution is 2.15. The van der Waals surface area contributed by atoms with Gasteiger partial charge in [0.25, 0.3) is 0 Å². The minimum absolute atomic E-state index is 0.571. The summed E-state index contributed by atoms with van der Waals surface area (Å²) >= 11 is 5.79. The summed E-state index contributed by atoms with van der Waals surface area (Å²) in [6, 6.07) is 8.42. The quantitative estimate of drug-likeness (QED) is 0.757. The molecule has 2 rings (SSSR count). The number of benzene rings is 1. The number of hydrogen-bond donors (Lipinski definition) is 2. The van der Waals surface area contributed by atoms with Crippen molar-refractivity contribution in [3.05, 3.63) is 29.3 Å². The first kappa shape index (κ1) is 8.85. The van der Waals surface area contributed by atoms with E-state index in [-0.39, 0.29) is 0 Å². The van der Waals surface area contributed by atoms with E-state index in [2.05, 4.69) is 10.6 Å². The summed E-state index contributed by atoms with van der Waals surface area (Å²) in [5.74, 6) is 0. The first-order valence-corrected chi connectivity index (χ1v) is 4.95. The Kier molecular flexibility index (Phi) is 2.71. The molecular formula is C10H13ClN2. The summed E-state index contributed by atoms with van der Waals surface area (Å²) in [6.07, 6.45) is 1.20. The molecule has 13 heavy (non-hydrogen) atoms. The van der Waals surface area contributed by atoms with Crippen molar-refractivity contribution in [2.24, 2.45) is 0 Å². The van der Waals surface area contributed by atoms with Gasteiger partial charge in [0.1, 0.15) is 0 Å². The van der Waals surface area contributed by atoms with Crippen LogP contribution >= 0.6 is 11.6 Å². The van der Waals surface area contributed by atoms with Crippen LogP contribution < -0.4 is 10.6 Å². The van der Waals surface area contributed by atoms with Crippen LogP contribution in [0.3, 0.4) is 0 Å². The molecule has 0 bridgehead atoms. The number of hydrogen-bond acceptors (Lipinski definition) is 2. The average Bonchev–Trinajstić information content (AvgIpc) is 2.62. The van der Waals surface area contributed by atoms with Crippen LogP contribution in [0.4, 0.5) is 5.69 Å². The van der Waals surface area contributed by atoms with Crippen LogP contribution in [0.2, 0.25) is 5.02 Å². The van der Waals surface area contributed by atoms with E-state index >= 15 is 0 Å². The van der Waals surface area contributed by atoms with Crippen LogP contribution in [0, 0.1) is 0 Å². The van der Waals surface area contributed by atoms with Gasteiger partial charge >= 0.3 is 0 Å². The molecule has 0 amide bonds. The third-order valence-corrected chi connectivity index (χ3v) is 2.53. The topological polar surface area (TPSA) is 24.1 Å². The third-order valence-electron chi connectivity index (χ3n) is 2.28.